The summed E-state index contributed by atoms with van der Waals surface area (Å²) in [5.74, 6) is -0.182. The molecule has 0 amide bonds. The van der Waals surface area contributed by atoms with Crippen molar-refractivity contribution in [3.05, 3.63) is 34.6 Å². The third-order valence-electron chi connectivity index (χ3n) is 2.14. The number of benzene rings is 1. The van der Waals surface area contributed by atoms with Gasteiger partial charge in [0.1, 0.15) is 5.82 Å². The highest BCUT2D eigenvalue weighted by Crippen LogP contribution is 2.29. The molecular weight excluding hydrogens is 210 g/mol. The molecule has 1 rings (SSSR count). The van der Waals surface area contributed by atoms with Crippen LogP contribution in [0.15, 0.2) is 18.2 Å². The molecule has 0 aromatic heterocycles. The third kappa shape index (κ3) is 2.58. The Morgan fingerprint density at radius 3 is 2.38 bits per heavy atom. The highest BCUT2D eigenvalue weighted by molar-refractivity contribution is 6.31. The SMILES string of the molecule is CC(Cl)C(C)c1ccc(F)cc1Cl. The van der Waals surface area contributed by atoms with Gasteiger partial charge in [-0.15, -0.1) is 11.6 Å². The second-order valence-electron chi connectivity index (χ2n) is 3.13. The van der Waals surface area contributed by atoms with E-state index in [1.54, 1.807) is 6.07 Å². The second kappa shape index (κ2) is 4.30. The van der Waals surface area contributed by atoms with Gasteiger partial charge < -0.3 is 0 Å². The molecule has 0 aliphatic carbocycles. The van der Waals surface area contributed by atoms with Crippen LogP contribution in [-0.4, -0.2) is 5.38 Å². The summed E-state index contributed by atoms with van der Waals surface area (Å²) in [5, 5.41) is 0.433. The molecule has 72 valence electrons. The zero-order chi connectivity index (χ0) is 10.0. The molecule has 2 atom stereocenters. The minimum Gasteiger partial charge on any atom is -0.207 e. The van der Waals surface area contributed by atoms with Crippen LogP contribution >= 0.6 is 23.2 Å². The van der Waals surface area contributed by atoms with Crippen LogP contribution in [0.5, 0.6) is 0 Å². The van der Waals surface area contributed by atoms with Gasteiger partial charge in [0.05, 0.1) is 0 Å². The second-order valence-corrected chi connectivity index (χ2v) is 4.23. The molecule has 0 heterocycles. The Morgan fingerprint density at radius 1 is 1.31 bits per heavy atom. The van der Waals surface area contributed by atoms with Gasteiger partial charge in [0.25, 0.3) is 0 Å². The molecular formula is C10H11Cl2F. The van der Waals surface area contributed by atoms with Crippen LogP contribution in [0.1, 0.15) is 25.3 Å². The lowest BCUT2D eigenvalue weighted by atomic mass is 9.98. The monoisotopic (exact) mass is 220 g/mol. The number of hydrogen-bond acceptors (Lipinski definition) is 0. The fraction of sp³-hybridized carbons (Fsp3) is 0.400. The predicted molar refractivity (Wildman–Crippen MR) is 55.1 cm³/mol. The molecule has 2 unspecified atom stereocenters. The van der Waals surface area contributed by atoms with E-state index in [9.17, 15) is 4.39 Å². The number of hydrogen-bond donors (Lipinski definition) is 0. The molecule has 0 radical (unpaired) electrons. The van der Waals surface area contributed by atoms with E-state index in [2.05, 4.69) is 0 Å². The minimum absolute atomic E-state index is 0.0111. The minimum atomic E-state index is -0.317. The first kappa shape index (κ1) is 10.8. The van der Waals surface area contributed by atoms with Crippen LogP contribution < -0.4 is 0 Å². The van der Waals surface area contributed by atoms with Gasteiger partial charge in [0.2, 0.25) is 0 Å². The Labute approximate surface area is 87.7 Å². The first-order valence-electron chi connectivity index (χ1n) is 4.11. The molecule has 0 saturated carbocycles. The average molecular weight is 221 g/mol. The average Bonchev–Trinajstić information content (AvgIpc) is 2.03. The zero-order valence-electron chi connectivity index (χ0n) is 7.52. The summed E-state index contributed by atoms with van der Waals surface area (Å²) < 4.78 is 12.7. The maximum atomic E-state index is 12.7. The van der Waals surface area contributed by atoms with E-state index in [-0.39, 0.29) is 17.1 Å². The standard InChI is InChI=1S/C10H11Cl2F/c1-6(7(2)11)9-4-3-8(13)5-10(9)12/h3-7H,1-2H3. The van der Waals surface area contributed by atoms with E-state index in [4.69, 9.17) is 23.2 Å². The Balaban J connectivity index is 3.01. The van der Waals surface area contributed by atoms with Crippen molar-refractivity contribution < 1.29 is 4.39 Å². The fourth-order valence-electron chi connectivity index (χ4n) is 1.12. The van der Waals surface area contributed by atoms with Crippen molar-refractivity contribution in [3.63, 3.8) is 0 Å². The van der Waals surface area contributed by atoms with Gasteiger partial charge >= 0.3 is 0 Å². The van der Waals surface area contributed by atoms with Gasteiger partial charge in [-0.2, -0.15) is 0 Å². The summed E-state index contributed by atoms with van der Waals surface area (Å²) in [5.41, 5.74) is 0.894. The van der Waals surface area contributed by atoms with Gasteiger partial charge in [-0.3, -0.25) is 0 Å². The predicted octanol–water partition coefficient (Wildman–Crippen LogP) is 4.21. The summed E-state index contributed by atoms with van der Waals surface area (Å²) in [4.78, 5) is 0. The summed E-state index contributed by atoms with van der Waals surface area (Å²) in [6, 6.07) is 4.39. The molecule has 0 aliphatic heterocycles. The highest BCUT2D eigenvalue weighted by Gasteiger charge is 2.14. The molecule has 13 heavy (non-hydrogen) atoms. The smallest absolute Gasteiger partial charge is 0.124 e. The van der Waals surface area contributed by atoms with E-state index in [0.29, 0.717) is 5.02 Å². The van der Waals surface area contributed by atoms with Crippen LogP contribution in [0.25, 0.3) is 0 Å². The van der Waals surface area contributed by atoms with Gasteiger partial charge in [0, 0.05) is 10.4 Å². The molecule has 0 saturated heterocycles. The van der Waals surface area contributed by atoms with Crippen molar-refractivity contribution in [1.29, 1.82) is 0 Å². The number of halogens is 3. The topological polar surface area (TPSA) is 0 Å². The van der Waals surface area contributed by atoms with Crippen molar-refractivity contribution in [2.45, 2.75) is 25.1 Å². The fourth-order valence-corrected chi connectivity index (χ4v) is 1.59. The maximum Gasteiger partial charge on any atom is 0.124 e. The van der Waals surface area contributed by atoms with Crippen LogP contribution in [0.3, 0.4) is 0 Å². The lowest BCUT2D eigenvalue weighted by Crippen LogP contribution is -2.05. The van der Waals surface area contributed by atoms with Crippen molar-refractivity contribution in [3.8, 4) is 0 Å². The molecule has 1 aromatic rings. The van der Waals surface area contributed by atoms with E-state index >= 15 is 0 Å². The zero-order valence-corrected chi connectivity index (χ0v) is 9.03. The number of alkyl halides is 1. The summed E-state index contributed by atoms with van der Waals surface area (Å²) >= 11 is 11.8. The first-order chi connectivity index (χ1) is 6.02. The Kier molecular flexibility index (Phi) is 3.57. The van der Waals surface area contributed by atoms with Crippen LogP contribution in [-0.2, 0) is 0 Å². The maximum absolute atomic E-state index is 12.7. The van der Waals surface area contributed by atoms with Gasteiger partial charge in [-0.1, -0.05) is 24.6 Å². The van der Waals surface area contributed by atoms with E-state index in [1.165, 1.54) is 12.1 Å². The van der Waals surface area contributed by atoms with Crippen molar-refractivity contribution >= 4 is 23.2 Å². The normalized spacial score (nSPS) is 15.5. The van der Waals surface area contributed by atoms with Gasteiger partial charge in [-0.25, -0.2) is 4.39 Å². The molecule has 0 aliphatic rings. The molecule has 0 N–H and O–H groups in total. The van der Waals surface area contributed by atoms with E-state index in [0.717, 1.165) is 5.56 Å². The Bertz CT molecular complexity index is 297. The summed E-state index contributed by atoms with van der Waals surface area (Å²) in [6.45, 7) is 3.86. The largest absolute Gasteiger partial charge is 0.207 e. The van der Waals surface area contributed by atoms with Crippen LogP contribution in [0, 0.1) is 5.82 Å². The van der Waals surface area contributed by atoms with Crippen molar-refractivity contribution in [2.24, 2.45) is 0 Å². The number of rotatable bonds is 2. The Hall–Kier alpha value is -0.270. The molecule has 0 bridgehead atoms. The highest BCUT2D eigenvalue weighted by atomic mass is 35.5. The van der Waals surface area contributed by atoms with Crippen LogP contribution in [0.4, 0.5) is 4.39 Å². The lowest BCUT2D eigenvalue weighted by molar-refractivity contribution is 0.625. The molecule has 3 heteroatoms. The third-order valence-corrected chi connectivity index (χ3v) is 2.85. The van der Waals surface area contributed by atoms with Gasteiger partial charge in [-0.05, 0) is 30.5 Å². The lowest BCUT2D eigenvalue weighted by Gasteiger charge is -2.15. The molecule has 0 spiro atoms. The van der Waals surface area contributed by atoms with Crippen molar-refractivity contribution in [2.75, 3.05) is 0 Å². The Morgan fingerprint density at radius 2 is 1.92 bits per heavy atom. The van der Waals surface area contributed by atoms with E-state index in [1.807, 2.05) is 13.8 Å². The summed E-state index contributed by atoms with van der Waals surface area (Å²) in [7, 11) is 0. The molecule has 0 nitrogen and oxygen atoms in total. The van der Waals surface area contributed by atoms with Gasteiger partial charge in [0.15, 0.2) is 0 Å². The summed E-state index contributed by atoms with van der Waals surface area (Å²) in [6.07, 6.45) is 0. The quantitative estimate of drug-likeness (QED) is 0.656. The molecule has 0 fully saturated rings. The van der Waals surface area contributed by atoms with Crippen molar-refractivity contribution in [1.82, 2.24) is 0 Å². The van der Waals surface area contributed by atoms with E-state index < -0.39 is 0 Å². The first-order valence-corrected chi connectivity index (χ1v) is 4.93. The molecule has 1 aromatic carbocycles. The van der Waals surface area contributed by atoms with Crippen LogP contribution in [0.2, 0.25) is 5.02 Å².